The molecule has 5 nitrogen and oxygen atoms in total. The standard InChI is InChI=1S/C12H17Cl2NO4S/c1-3-18-12(19-4-2)8-15-20(16,17)11-7-9(13)5-6-10(11)14/h5-7,12,15H,3-4,8H2,1-2H3. The van der Waals surface area contributed by atoms with Gasteiger partial charge in [-0.1, -0.05) is 23.2 Å². The Labute approximate surface area is 129 Å². The summed E-state index contributed by atoms with van der Waals surface area (Å²) >= 11 is 11.7. The van der Waals surface area contributed by atoms with Gasteiger partial charge in [0, 0.05) is 18.2 Å². The Kier molecular flexibility index (Phi) is 7.22. The smallest absolute Gasteiger partial charge is 0.242 e. The van der Waals surface area contributed by atoms with E-state index in [-0.39, 0.29) is 16.5 Å². The van der Waals surface area contributed by atoms with Gasteiger partial charge >= 0.3 is 0 Å². The summed E-state index contributed by atoms with van der Waals surface area (Å²) in [7, 11) is -3.77. The van der Waals surface area contributed by atoms with Gasteiger partial charge < -0.3 is 9.47 Å². The van der Waals surface area contributed by atoms with Crippen molar-refractivity contribution >= 4 is 33.2 Å². The molecule has 0 aliphatic carbocycles. The molecule has 20 heavy (non-hydrogen) atoms. The molecule has 0 aliphatic rings. The van der Waals surface area contributed by atoms with Crippen molar-refractivity contribution < 1.29 is 17.9 Å². The van der Waals surface area contributed by atoms with Crippen molar-refractivity contribution in [3.63, 3.8) is 0 Å². The zero-order valence-electron chi connectivity index (χ0n) is 11.2. The Morgan fingerprint density at radius 3 is 2.35 bits per heavy atom. The highest BCUT2D eigenvalue weighted by molar-refractivity contribution is 7.89. The fourth-order valence-corrected chi connectivity index (χ4v) is 3.25. The van der Waals surface area contributed by atoms with Gasteiger partial charge in [-0.2, -0.15) is 0 Å². The van der Waals surface area contributed by atoms with E-state index in [0.717, 1.165) is 0 Å². The summed E-state index contributed by atoms with van der Waals surface area (Å²) in [4.78, 5) is -0.0709. The number of benzene rings is 1. The molecule has 1 rings (SSSR count). The zero-order valence-corrected chi connectivity index (χ0v) is 13.6. The van der Waals surface area contributed by atoms with Crippen LogP contribution in [0.5, 0.6) is 0 Å². The van der Waals surface area contributed by atoms with Crippen molar-refractivity contribution in [3.8, 4) is 0 Å². The second kappa shape index (κ2) is 8.17. The van der Waals surface area contributed by atoms with Crippen LogP contribution in [0.15, 0.2) is 23.1 Å². The van der Waals surface area contributed by atoms with E-state index in [0.29, 0.717) is 18.2 Å². The first kappa shape index (κ1) is 17.7. The molecule has 1 aromatic rings. The van der Waals surface area contributed by atoms with Crippen molar-refractivity contribution in [1.29, 1.82) is 0 Å². The molecule has 0 aromatic heterocycles. The van der Waals surface area contributed by atoms with Gasteiger partial charge in [-0.25, -0.2) is 13.1 Å². The number of nitrogens with one attached hydrogen (secondary N) is 1. The third-order valence-corrected chi connectivity index (χ3v) is 4.47. The maximum absolute atomic E-state index is 12.2. The van der Waals surface area contributed by atoms with E-state index in [1.165, 1.54) is 18.2 Å². The lowest BCUT2D eigenvalue weighted by Crippen LogP contribution is -2.35. The molecule has 0 saturated heterocycles. The number of sulfonamides is 1. The third-order valence-electron chi connectivity index (χ3n) is 2.33. The van der Waals surface area contributed by atoms with Crippen LogP contribution < -0.4 is 4.72 Å². The molecule has 0 atom stereocenters. The largest absolute Gasteiger partial charge is 0.352 e. The van der Waals surface area contributed by atoms with E-state index in [2.05, 4.69) is 4.72 Å². The first-order chi connectivity index (χ1) is 9.40. The highest BCUT2D eigenvalue weighted by atomic mass is 35.5. The molecule has 0 spiro atoms. The van der Waals surface area contributed by atoms with E-state index < -0.39 is 16.3 Å². The van der Waals surface area contributed by atoms with Crippen molar-refractivity contribution in [2.45, 2.75) is 25.0 Å². The number of hydrogen-bond acceptors (Lipinski definition) is 4. The van der Waals surface area contributed by atoms with Crippen LogP contribution in [-0.2, 0) is 19.5 Å². The molecule has 0 aliphatic heterocycles. The first-order valence-electron chi connectivity index (χ1n) is 6.08. The molecule has 0 radical (unpaired) electrons. The fraction of sp³-hybridized carbons (Fsp3) is 0.500. The van der Waals surface area contributed by atoms with Crippen LogP contribution in [0.2, 0.25) is 10.0 Å². The number of halogens is 2. The quantitative estimate of drug-likeness (QED) is 0.738. The lowest BCUT2D eigenvalue weighted by molar-refractivity contribution is -0.130. The second-order valence-electron chi connectivity index (χ2n) is 3.77. The highest BCUT2D eigenvalue weighted by Crippen LogP contribution is 2.24. The number of hydrogen-bond donors (Lipinski definition) is 1. The summed E-state index contributed by atoms with van der Waals surface area (Å²) in [6.07, 6.45) is -0.641. The van der Waals surface area contributed by atoms with E-state index in [1.807, 2.05) is 0 Å². The fourth-order valence-electron chi connectivity index (χ4n) is 1.48. The Balaban J connectivity index is 2.81. The lowest BCUT2D eigenvalue weighted by atomic mass is 10.4. The highest BCUT2D eigenvalue weighted by Gasteiger charge is 2.20. The Morgan fingerprint density at radius 2 is 1.80 bits per heavy atom. The molecule has 0 amide bonds. The average Bonchev–Trinajstić information content (AvgIpc) is 2.39. The SMILES string of the molecule is CCOC(CNS(=O)(=O)c1cc(Cl)ccc1Cl)OCC. The number of ether oxygens (including phenoxy) is 2. The minimum Gasteiger partial charge on any atom is -0.352 e. The van der Waals surface area contributed by atoms with Crippen molar-refractivity contribution in [1.82, 2.24) is 4.72 Å². The van der Waals surface area contributed by atoms with Crippen LogP contribution in [0.1, 0.15) is 13.8 Å². The molecule has 0 saturated carbocycles. The van der Waals surface area contributed by atoms with Crippen LogP contribution in [0.4, 0.5) is 0 Å². The van der Waals surface area contributed by atoms with Crippen molar-refractivity contribution in [2.24, 2.45) is 0 Å². The maximum Gasteiger partial charge on any atom is 0.242 e. The van der Waals surface area contributed by atoms with Crippen molar-refractivity contribution in [2.75, 3.05) is 19.8 Å². The van der Waals surface area contributed by atoms with Crippen LogP contribution in [-0.4, -0.2) is 34.5 Å². The third kappa shape index (κ3) is 5.20. The molecular formula is C12H17Cl2NO4S. The van der Waals surface area contributed by atoms with Gasteiger partial charge in [0.1, 0.15) is 4.90 Å². The zero-order chi connectivity index (χ0) is 15.2. The topological polar surface area (TPSA) is 64.6 Å². The Morgan fingerprint density at radius 1 is 1.20 bits per heavy atom. The summed E-state index contributed by atoms with van der Waals surface area (Å²) in [6, 6.07) is 4.25. The minimum absolute atomic E-state index is 0.00709. The van der Waals surface area contributed by atoms with E-state index >= 15 is 0 Å². The van der Waals surface area contributed by atoms with Gasteiger partial charge in [0.05, 0.1) is 11.6 Å². The van der Waals surface area contributed by atoms with Gasteiger partial charge in [-0.05, 0) is 32.0 Å². The molecule has 0 fully saturated rings. The van der Waals surface area contributed by atoms with Gasteiger partial charge in [-0.3, -0.25) is 0 Å². The first-order valence-corrected chi connectivity index (χ1v) is 8.32. The summed E-state index contributed by atoms with van der Waals surface area (Å²) in [5.74, 6) is 0. The molecule has 1 N–H and O–H groups in total. The second-order valence-corrected chi connectivity index (χ2v) is 6.35. The molecule has 0 unspecified atom stereocenters. The summed E-state index contributed by atoms with van der Waals surface area (Å²) in [5, 5.41) is 0.396. The predicted molar refractivity (Wildman–Crippen MR) is 78.7 cm³/mol. The minimum atomic E-state index is -3.77. The van der Waals surface area contributed by atoms with Crippen LogP contribution in [0.25, 0.3) is 0 Å². The van der Waals surface area contributed by atoms with E-state index in [1.54, 1.807) is 13.8 Å². The Hall–Kier alpha value is -0.370. The molecular weight excluding hydrogens is 325 g/mol. The molecule has 1 aromatic carbocycles. The molecule has 0 bridgehead atoms. The molecule has 114 valence electrons. The van der Waals surface area contributed by atoms with Gasteiger partial charge in [0.25, 0.3) is 0 Å². The predicted octanol–water partition coefficient (Wildman–Crippen LogP) is 2.67. The summed E-state index contributed by atoms with van der Waals surface area (Å²) in [5.41, 5.74) is 0. The number of rotatable bonds is 8. The van der Waals surface area contributed by atoms with E-state index in [4.69, 9.17) is 32.7 Å². The molecule has 8 heteroatoms. The summed E-state index contributed by atoms with van der Waals surface area (Å²) < 4.78 is 37.2. The van der Waals surface area contributed by atoms with Gasteiger partial charge in [0.15, 0.2) is 6.29 Å². The van der Waals surface area contributed by atoms with Crippen molar-refractivity contribution in [3.05, 3.63) is 28.2 Å². The van der Waals surface area contributed by atoms with E-state index in [9.17, 15) is 8.42 Å². The molecule has 0 heterocycles. The lowest BCUT2D eigenvalue weighted by Gasteiger charge is -2.17. The van der Waals surface area contributed by atoms with Crippen LogP contribution in [0.3, 0.4) is 0 Å². The Bertz CT molecular complexity index is 530. The monoisotopic (exact) mass is 341 g/mol. The summed E-state index contributed by atoms with van der Waals surface area (Å²) in [6.45, 7) is 4.43. The average molecular weight is 342 g/mol. The van der Waals surface area contributed by atoms with Crippen LogP contribution in [0, 0.1) is 0 Å². The van der Waals surface area contributed by atoms with Gasteiger partial charge in [0.2, 0.25) is 10.0 Å². The normalized spacial score (nSPS) is 12.1. The maximum atomic E-state index is 12.2. The van der Waals surface area contributed by atoms with Gasteiger partial charge in [-0.15, -0.1) is 0 Å². The van der Waals surface area contributed by atoms with Crippen LogP contribution >= 0.6 is 23.2 Å².